The van der Waals surface area contributed by atoms with Crippen LogP contribution in [0.5, 0.6) is 0 Å². The van der Waals surface area contributed by atoms with Crippen LogP contribution in [0.2, 0.25) is 0 Å². The number of anilines is 1. The topological polar surface area (TPSA) is 64.9 Å². The van der Waals surface area contributed by atoms with E-state index in [1.807, 2.05) is 24.3 Å². The van der Waals surface area contributed by atoms with E-state index in [-0.39, 0.29) is 11.9 Å². The van der Waals surface area contributed by atoms with E-state index in [1.54, 1.807) is 22.7 Å². The number of benzene rings is 1. The molecule has 1 amide bonds. The van der Waals surface area contributed by atoms with Gasteiger partial charge in [-0.3, -0.25) is 4.79 Å². The SMILES string of the molecule is N#Cc1c(NC(=O)CCN[C@H](c2ccccc2)c2cccs2)sc2c1CCCC2. The van der Waals surface area contributed by atoms with Gasteiger partial charge >= 0.3 is 0 Å². The van der Waals surface area contributed by atoms with Crippen molar-refractivity contribution in [2.24, 2.45) is 0 Å². The van der Waals surface area contributed by atoms with Crippen LogP contribution < -0.4 is 10.6 Å². The number of fused-ring (bicyclic) bond motifs is 1. The molecule has 1 atom stereocenters. The van der Waals surface area contributed by atoms with Gasteiger partial charge in [0.2, 0.25) is 5.91 Å². The lowest BCUT2D eigenvalue weighted by molar-refractivity contribution is -0.116. The van der Waals surface area contributed by atoms with E-state index >= 15 is 0 Å². The standard InChI is InChI=1S/C23H23N3OS2/c24-15-18-17-9-4-5-10-19(17)29-23(18)26-21(27)12-13-25-22(20-11-6-14-28-20)16-7-2-1-3-8-16/h1-3,6-8,11,14,22,25H,4-5,9-10,12-13H2,(H,26,27)/t22-/m1/s1. The lowest BCUT2D eigenvalue weighted by Crippen LogP contribution is -2.26. The Hall–Kier alpha value is -2.46. The van der Waals surface area contributed by atoms with E-state index in [9.17, 15) is 10.1 Å². The Balaban J connectivity index is 1.38. The lowest BCUT2D eigenvalue weighted by Gasteiger charge is -2.18. The van der Waals surface area contributed by atoms with Crippen molar-refractivity contribution >= 4 is 33.6 Å². The molecule has 1 aromatic carbocycles. The molecule has 0 aliphatic heterocycles. The molecule has 148 valence electrons. The minimum Gasteiger partial charge on any atom is -0.317 e. The Labute approximate surface area is 179 Å². The molecule has 4 nitrogen and oxygen atoms in total. The molecular formula is C23H23N3OS2. The number of nitrogens with zero attached hydrogens (tertiary/aromatic N) is 1. The van der Waals surface area contributed by atoms with E-state index in [0.717, 1.165) is 29.8 Å². The van der Waals surface area contributed by atoms with Crippen molar-refractivity contribution in [2.45, 2.75) is 38.1 Å². The van der Waals surface area contributed by atoms with Crippen molar-refractivity contribution in [1.82, 2.24) is 5.32 Å². The van der Waals surface area contributed by atoms with Gasteiger partial charge in [0.05, 0.1) is 11.6 Å². The molecule has 2 N–H and O–H groups in total. The molecule has 1 aliphatic carbocycles. The molecule has 2 heterocycles. The molecule has 0 saturated heterocycles. The Morgan fingerprint density at radius 2 is 1.97 bits per heavy atom. The van der Waals surface area contributed by atoms with Gasteiger partial charge in [-0.2, -0.15) is 5.26 Å². The summed E-state index contributed by atoms with van der Waals surface area (Å²) in [5.74, 6) is -0.0504. The molecule has 0 saturated carbocycles. The average molecular weight is 422 g/mol. The molecule has 0 fully saturated rings. The third-order valence-electron chi connectivity index (χ3n) is 5.20. The maximum Gasteiger partial charge on any atom is 0.226 e. The quantitative estimate of drug-likeness (QED) is 0.546. The molecule has 2 aromatic heterocycles. The Morgan fingerprint density at radius 3 is 2.72 bits per heavy atom. The monoisotopic (exact) mass is 421 g/mol. The first-order chi connectivity index (χ1) is 14.3. The number of nitriles is 1. The summed E-state index contributed by atoms with van der Waals surface area (Å²) >= 11 is 3.29. The number of thiophene rings is 2. The Kier molecular flexibility index (Phi) is 6.40. The summed E-state index contributed by atoms with van der Waals surface area (Å²) in [6.07, 6.45) is 4.62. The average Bonchev–Trinajstić information content (AvgIpc) is 3.39. The summed E-state index contributed by atoms with van der Waals surface area (Å²) in [6, 6.07) is 16.8. The smallest absolute Gasteiger partial charge is 0.226 e. The molecule has 6 heteroatoms. The van der Waals surface area contributed by atoms with E-state index in [4.69, 9.17) is 0 Å². The minimum atomic E-state index is -0.0504. The second kappa shape index (κ2) is 9.36. The highest BCUT2D eigenvalue weighted by Crippen LogP contribution is 2.37. The molecule has 0 bridgehead atoms. The fraction of sp³-hybridized carbons (Fsp3) is 0.304. The van der Waals surface area contributed by atoms with Crippen molar-refractivity contribution < 1.29 is 4.79 Å². The predicted octanol–water partition coefficient (Wildman–Crippen LogP) is 5.27. The van der Waals surface area contributed by atoms with Crippen LogP contribution >= 0.6 is 22.7 Å². The number of aryl methyl sites for hydroxylation is 1. The largest absolute Gasteiger partial charge is 0.317 e. The predicted molar refractivity (Wildman–Crippen MR) is 120 cm³/mol. The second-order valence-electron chi connectivity index (χ2n) is 7.14. The van der Waals surface area contributed by atoms with Crippen LogP contribution in [0.4, 0.5) is 5.00 Å². The Morgan fingerprint density at radius 1 is 1.14 bits per heavy atom. The Bertz CT molecular complexity index is 1000. The highest BCUT2D eigenvalue weighted by atomic mass is 32.1. The van der Waals surface area contributed by atoms with E-state index in [1.165, 1.54) is 21.7 Å². The van der Waals surface area contributed by atoms with Gasteiger partial charge in [0, 0.05) is 22.7 Å². The van der Waals surface area contributed by atoms with Crippen LogP contribution in [0, 0.1) is 11.3 Å². The van der Waals surface area contributed by atoms with Gasteiger partial charge in [0.15, 0.2) is 0 Å². The van der Waals surface area contributed by atoms with Gasteiger partial charge in [0.1, 0.15) is 11.1 Å². The van der Waals surface area contributed by atoms with Crippen LogP contribution in [-0.2, 0) is 17.6 Å². The number of rotatable bonds is 7. The van der Waals surface area contributed by atoms with Crippen LogP contribution in [0.3, 0.4) is 0 Å². The number of carbonyl (C=O) groups is 1. The number of hydrogen-bond donors (Lipinski definition) is 2. The van der Waals surface area contributed by atoms with Crippen molar-refractivity contribution in [3.63, 3.8) is 0 Å². The molecule has 0 unspecified atom stereocenters. The highest BCUT2D eigenvalue weighted by molar-refractivity contribution is 7.16. The summed E-state index contributed by atoms with van der Waals surface area (Å²) in [6.45, 7) is 0.566. The van der Waals surface area contributed by atoms with Crippen molar-refractivity contribution in [1.29, 1.82) is 5.26 Å². The second-order valence-corrected chi connectivity index (χ2v) is 9.22. The highest BCUT2D eigenvalue weighted by Gasteiger charge is 2.22. The summed E-state index contributed by atoms with van der Waals surface area (Å²) < 4.78 is 0. The van der Waals surface area contributed by atoms with Gasteiger partial charge in [-0.1, -0.05) is 36.4 Å². The van der Waals surface area contributed by atoms with Crippen LogP contribution in [0.25, 0.3) is 0 Å². The van der Waals surface area contributed by atoms with Crippen molar-refractivity contribution in [3.8, 4) is 6.07 Å². The van der Waals surface area contributed by atoms with Gasteiger partial charge in [-0.05, 0) is 48.3 Å². The summed E-state index contributed by atoms with van der Waals surface area (Å²) in [4.78, 5) is 15.0. The summed E-state index contributed by atoms with van der Waals surface area (Å²) in [5.41, 5.74) is 3.01. The molecule has 4 rings (SSSR count). The lowest BCUT2D eigenvalue weighted by atomic mass is 9.96. The first-order valence-corrected chi connectivity index (χ1v) is 11.6. The molecule has 0 spiro atoms. The van der Waals surface area contributed by atoms with Crippen molar-refractivity contribution in [2.75, 3.05) is 11.9 Å². The number of carbonyl (C=O) groups excluding carboxylic acids is 1. The van der Waals surface area contributed by atoms with Crippen LogP contribution in [-0.4, -0.2) is 12.5 Å². The third-order valence-corrected chi connectivity index (χ3v) is 7.34. The van der Waals surface area contributed by atoms with Gasteiger partial charge in [-0.15, -0.1) is 22.7 Å². The minimum absolute atomic E-state index is 0.0504. The number of nitrogens with one attached hydrogen (secondary N) is 2. The first-order valence-electron chi connectivity index (χ1n) is 9.92. The summed E-state index contributed by atoms with van der Waals surface area (Å²) in [7, 11) is 0. The fourth-order valence-corrected chi connectivity index (χ4v) is 5.86. The van der Waals surface area contributed by atoms with E-state index < -0.39 is 0 Å². The maximum atomic E-state index is 12.5. The number of amides is 1. The zero-order valence-corrected chi connectivity index (χ0v) is 17.7. The number of hydrogen-bond acceptors (Lipinski definition) is 5. The molecule has 29 heavy (non-hydrogen) atoms. The van der Waals surface area contributed by atoms with Crippen LogP contribution in [0.15, 0.2) is 47.8 Å². The molecule has 0 radical (unpaired) electrons. The van der Waals surface area contributed by atoms with Crippen LogP contribution in [0.1, 0.15) is 51.7 Å². The van der Waals surface area contributed by atoms with Gasteiger partial charge in [0.25, 0.3) is 0 Å². The maximum absolute atomic E-state index is 12.5. The fourth-order valence-electron chi connectivity index (χ4n) is 3.78. The first kappa shape index (κ1) is 19.8. The molecular weight excluding hydrogens is 398 g/mol. The van der Waals surface area contributed by atoms with Crippen molar-refractivity contribution in [3.05, 3.63) is 74.3 Å². The zero-order chi connectivity index (χ0) is 20.1. The summed E-state index contributed by atoms with van der Waals surface area (Å²) in [5, 5.41) is 18.9. The molecule has 3 aromatic rings. The van der Waals surface area contributed by atoms with E-state index in [0.29, 0.717) is 18.5 Å². The van der Waals surface area contributed by atoms with E-state index in [2.05, 4.69) is 40.3 Å². The van der Waals surface area contributed by atoms with Gasteiger partial charge < -0.3 is 10.6 Å². The molecule has 1 aliphatic rings. The van der Waals surface area contributed by atoms with Gasteiger partial charge in [-0.25, -0.2) is 0 Å². The zero-order valence-electron chi connectivity index (χ0n) is 16.1. The third kappa shape index (κ3) is 4.59. The normalized spacial score (nSPS) is 14.0.